The van der Waals surface area contributed by atoms with Crippen molar-refractivity contribution in [1.82, 2.24) is 4.98 Å². The van der Waals surface area contributed by atoms with Gasteiger partial charge in [-0.2, -0.15) is 13.2 Å². The Kier molecular flexibility index (Phi) is 4.11. The van der Waals surface area contributed by atoms with E-state index in [0.29, 0.717) is 6.07 Å². The molecule has 0 amide bonds. The number of rotatable bonds is 2. The summed E-state index contributed by atoms with van der Waals surface area (Å²) in [6, 6.07) is 0.441. The number of nitrogens with zero attached hydrogens (tertiary/aromatic N) is 2. The molecule has 0 atom stereocenters. The summed E-state index contributed by atoms with van der Waals surface area (Å²) < 4.78 is 76.2. The Bertz CT molecular complexity index is 515. The van der Waals surface area contributed by atoms with Gasteiger partial charge in [-0.25, -0.2) is 4.98 Å². The van der Waals surface area contributed by atoms with Crippen molar-refractivity contribution in [2.75, 3.05) is 0 Å². The Morgan fingerprint density at radius 1 is 1.26 bits per heavy atom. The Hall–Kier alpha value is -1.34. The molecular formula is C7HF6IN2O3. The second-order valence-electron chi connectivity index (χ2n) is 2.94. The van der Waals surface area contributed by atoms with Crippen LogP contribution in [0.25, 0.3) is 0 Å². The van der Waals surface area contributed by atoms with Gasteiger partial charge in [0.05, 0.1) is 11.0 Å². The molecule has 12 heteroatoms. The first-order valence-corrected chi connectivity index (χ1v) is 5.17. The van der Waals surface area contributed by atoms with E-state index in [1.807, 2.05) is 0 Å². The van der Waals surface area contributed by atoms with Crippen molar-refractivity contribution in [2.45, 2.75) is 12.5 Å². The molecule has 0 fully saturated rings. The Morgan fingerprint density at radius 2 is 1.79 bits per heavy atom. The van der Waals surface area contributed by atoms with E-state index in [1.165, 1.54) is 22.6 Å². The van der Waals surface area contributed by atoms with Crippen LogP contribution >= 0.6 is 22.6 Å². The van der Waals surface area contributed by atoms with Crippen LogP contribution in [0.4, 0.5) is 32.0 Å². The van der Waals surface area contributed by atoms with Crippen molar-refractivity contribution >= 4 is 28.3 Å². The number of nitro groups is 1. The molecule has 1 rings (SSSR count). The second kappa shape index (κ2) is 4.97. The van der Waals surface area contributed by atoms with E-state index in [9.17, 15) is 36.5 Å². The summed E-state index contributed by atoms with van der Waals surface area (Å²) in [5.74, 6) is -1.98. The fraction of sp³-hybridized carbons (Fsp3) is 0.286. The summed E-state index contributed by atoms with van der Waals surface area (Å²) in [6.07, 6.45) is -10.8. The van der Waals surface area contributed by atoms with Gasteiger partial charge >= 0.3 is 18.2 Å². The van der Waals surface area contributed by atoms with E-state index in [4.69, 9.17) is 0 Å². The summed E-state index contributed by atoms with van der Waals surface area (Å²) in [7, 11) is 0. The molecule has 1 aromatic rings. The van der Waals surface area contributed by atoms with Gasteiger partial charge in [0.15, 0.2) is 5.69 Å². The largest absolute Gasteiger partial charge is 0.573 e. The minimum atomic E-state index is -5.51. The minimum Gasteiger partial charge on any atom is -0.396 e. The van der Waals surface area contributed by atoms with Gasteiger partial charge in [-0.3, -0.25) is 10.1 Å². The monoisotopic (exact) mass is 402 g/mol. The maximum atomic E-state index is 12.5. The molecule has 0 aliphatic carbocycles. The molecule has 0 aliphatic rings. The number of pyridine rings is 1. The zero-order chi connectivity index (χ0) is 15.0. The first-order chi connectivity index (χ1) is 8.42. The highest BCUT2D eigenvalue weighted by Crippen LogP contribution is 2.42. The van der Waals surface area contributed by atoms with Gasteiger partial charge < -0.3 is 4.74 Å². The minimum absolute atomic E-state index is 0.441. The smallest absolute Gasteiger partial charge is 0.396 e. The SMILES string of the molecule is O=[N+]([O-])c1cc(I)nc(C(F)(F)F)c1OC(F)(F)F. The predicted molar refractivity (Wildman–Crippen MR) is 55.3 cm³/mol. The third-order valence-electron chi connectivity index (χ3n) is 1.61. The molecule has 0 aliphatic heterocycles. The molecule has 1 heterocycles. The molecule has 0 unspecified atom stereocenters. The van der Waals surface area contributed by atoms with Gasteiger partial charge in [0.25, 0.3) is 0 Å². The van der Waals surface area contributed by atoms with Crippen molar-refractivity contribution in [3.63, 3.8) is 0 Å². The van der Waals surface area contributed by atoms with Gasteiger partial charge in [0.2, 0.25) is 5.75 Å². The summed E-state index contributed by atoms with van der Waals surface area (Å²) in [4.78, 5) is 11.9. The number of ether oxygens (including phenoxy) is 1. The van der Waals surface area contributed by atoms with Crippen molar-refractivity contribution < 1.29 is 36.0 Å². The second-order valence-corrected chi connectivity index (χ2v) is 4.05. The Balaban J connectivity index is 3.57. The highest BCUT2D eigenvalue weighted by atomic mass is 127. The van der Waals surface area contributed by atoms with E-state index in [1.54, 1.807) is 0 Å². The average molecular weight is 402 g/mol. The quantitative estimate of drug-likeness (QED) is 0.250. The number of alkyl halides is 6. The molecule has 0 aromatic carbocycles. The van der Waals surface area contributed by atoms with E-state index < -0.39 is 38.3 Å². The van der Waals surface area contributed by atoms with Crippen molar-refractivity contribution in [1.29, 1.82) is 0 Å². The number of hydrogen-bond donors (Lipinski definition) is 0. The lowest BCUT2D eigenvalue weighted by Gasteiger charge is -2.14. The van der Waals surface area contributed by atoms with Crippen LogP contribution in [-0.4, -0.2) is 16.3 Å². The third kappa shape index (κ3) is 4.07. The standard InChI is InChI=1S/C7HF6IN2O3/c8-6(9,10)5-4(19-7(11,12)13)2(16(17)18)1-3(14)15-5/h1H. The zero-order valence-corrected chi connectivity index (χ0v) is 10.5. The summed E-state index contributed by atoms with van der Waals surface area (Å²) in [6.45, 7) is 0. The Morgan fingerprint density at radius 3 is 2.16 bits per heavy atom. The van der Waals surface area contributed by atoms with Crippen LogP contribution in [0.1, 0.15) is 5.69 Å². The molecule has 0 spiro atoms. The van der Waals surface area contributed by atoms with Crippen molar-refractivity contribution in [3.05, 3.63) is 25.6 Å². The van der Waals surface area contributed by atoms with Crippen LogP contribution < -0.4 is 4.74 Å². The summed E-state index contributed by atoms with van der Waals surface area (Å²) in [5.41, 5.74) is -3.58. The molecule has 0 saturated heterocycles. The van der Waals surface area contributed by atoms with Crippen LogP contribution in [-0.2, 0) is 6.18 Å². The molecule has 0 radical (unpaired) electrons. The van der Waals surface area contributed by atoms with E-state index in [2.05, 4.69) is 9.72 Å². The predicted octanol–water partition coefficient (Wildman–Crippen LogP) is 3.51. The van der Waals surface area contributed by atoms with Gasteiger partial charge in [0.1, 0.15) is 3.70 Å². The molecule has 0 N–H and O–H groups in total. The highest BCUT2D eigenvalue weighted by Gasteiger charge is 2.45. The van der Waals surface area contributed by atoms with Crippen LogP contribution in [0, 0.1) is 13.8 Å². The topological polar surface area (TPSA) is 65.3 Å². The van der Waals surface area contributed by atoms with Crippen molar-refractivity contribution in [2.24, 2.45) is 0 Å². The first-order valence-electron chi connectivity index (χ1n) is 4.09. The lowest BCUT2D eigenvalue weighted by Crippen LogP contribution is -2.22. The molecule has 19 heavy (non-hydrogen) atoms. The molecule has 0 saturated carbocycles. The first kappa shape index (κ1) is 15.7. The normalized spacial score (nSPS) is 12.4. The molecule has 0 bridgehead atoms. The van der Waals surface area contributed by atoms with Crippen LogP contribution in [0.3, 0.4) is 0 Å². The number of halogens is 7. The summed E-state index contributed by atoms with van der Waals surface area (Å²) >= 11 is 1.21. The Labute approximate surface area is 113 Å². The lowest BCUT2D eigenvalue weighted by molar-refractivity contribution is -0.389. The van der Waals surface area contributed by atoms with Gasteiger partial charge in [-0.05, 0) is 22.6 Å². The van der Waals surface area contributed by atoms with E-state index in [-0.39, 0.29) is 0 Å². The average Bonchev–Trinajstić information content (AvgIpc) is 2.16. The van der Waals surface area contributed by atoms with Crippen molar-refractivity contribution in [3.8, 4) is 5.75 Å². The van der Waals surface area contributed by atoms with Gasteiger partial charge in [-0.15, -0.1) is 13.2 Å². The summed E-state index contributed by atoms with van der Waals surface area (Å²) in [5, 5.41) is 10.5. The lowest BCUT2D eigenvalue weighted by atomic mass is 10.3. The fourth-order valence-electron chi connectivity index (χ4n) is 1.03. The maximum absolute atomic E-state index is 12.5. The highest BCUT2D eigenvalue weighted by molar-refractivity contribution is 14.1. The van der Waals surface area contributed by atoms with Gasteiger partial charge in [-0.1, -0.05) is 0 Å². The van der Waals surface area contributed by atoms with Crippen LogP contribution in [0.5, 0.6) is 5.75 Å². The van der Waals surface area contributed by atoms with E-state index >= 15 is 0 Å². The van der Waals surface area contributed by atoms with Crippen LogP contribution in [0.15, 0.2) is 6.07 Å². The molecule has 106 valence electrons. The fourth-order valence-corrected chi connectivity index (χ4v) is 1.57. The molecule has 5 nitrogen and oxygen atoms in total. The zero-order valence-electron chi connectivity index (χ0n) is 8.34. The van der Waals surface area contributed by atoms with Crippen LogP contribution in [0.2, 0.25) is 0 Å². The number of hydrogen-bond acceptors (Lipinski definition) is 4. The maximum Gasteiger partial charge on any atom is 0.573 e. The third-order valence-corrected chi connectivity index (χ3v) is 2.16. The molecular weight excluding hydrogens is 401 g/mol. The number of aromatic nitrogens is 1. The molecule has 1 aromatic heterocycles. The van der Waals surface area contributed by atoms with Gasteiger partial charge in [0, 0.05) is 0 Å². The van der Waals surface area contributed by atoms with E-state index in [0.717, 1.165) is 0 Å².